The van der Waals surface area contributed by atoms with Crippen molar-refractivity contribution in [2.75, 3.05) is 6.54 Å². The monoisotopic (exact) mass is 357 g/mol. The van der Waals surface area contributed by atoms with E-state index in [0.29, 0.717) is 11.6 Å². The zero-order chi connectivity index (χ0) is 17.8. The van der Waals surface area contributed by atoms with Gasteiger partial charge in [-0.3, -0.25) is 9.48 Å². The lowest BCUT2D eigenvalue weighted by Crippen LogP contribution is -2.39. The Balaban J connectivity index is 1.67. The summed E-state index contributed by atoms with van der Waals surface area (Å²) in [5.41, 5.74) is 3.10. The molecule has 0 radical (unpaired) electrons. The molecule has 134 valence electrons. The molecule has 2 aromatic heterocycles. The number of fused-ring (bicyclic) bond motifs is 1. The molecule has 0 spiro atoms. The Hall–Kier alpha value is -1.62. The van der Waals surface area contributed by atoms with Crippen LogP contribution in [-0.4, -0.2) is 27.1 Å². The summed E-state index contributed by atoms with van der Waals surface area (Å²) in [4.78, 5) is 16.8. The van der Waals surface area contributed by atoms with Crippen LogP contribution in [0.3, 0.4) is 0 Å². The molecule has 3 heterocycles. The molecule has 1 fully saturated rings. The summed E-state index contributed by atoms with van der Waals surface area (Å²) in [5, 5.41) is 6.91. The average Bonchev–Trinajstić information content (AvgIpc) is 3.12. The van der Waals surface area contributed by atoms with Crippen LogP contribution in [0.4, 0.5) is 0 Å². The van der Waals surface area contributed by atoms with Crippen LogP contribution < -0.4 is 0 Å². The molecule has 0 aromatic carbocycles. The molecule has 1 unspecified atom stereocenters. The van der Waals surface area contributed by atoms with E-state index >= 15 is 0 Å². The zero-order valence-electron chi connectivity index (χ0n) is 15.6. The Morgan fingerprint density at radius 3 is 2.76 bits per heavy atom. The molecule has 1 amide bonds. The summed E-state index contributed by atoms with van der Waals surface area (Å²) < 4.78 is 2.08. The quantitative estimate of drug-likeness (QED) is 0.797. The number of hydrogen-bond acceptors (Lipinski definition) is 3. The van der Waals surface area contributed by atoms with Gasteiger partial charge in [0, 0.05) is 23.0 Å². The summed E-state index contributed by atoms with van der Waals surface area (Å²) in [6, 6.07) is 4.43. The van der Waals surface area contributed by atoms with Crippen LogP contribution in [0.1, 0.15) is 85.5 Å². The highest BCUT2D eigenvalue weighted by Gasteiger charge is 2.36. The lowest BCUT2D eigenvalue weighted by molar-refractivity contribution is 0.0649. The normalized spacial score (nSPS) is 20.6. The lowest BCUT2D eigenvalue weighted by atomic mass is 9.97. The van der Waals surface area contributed by atoms with Gasteiger partial charge in [-0.25, -0.2) is 0 Å². The van der Waals surface area contributed by atoms with Crippen molar-refractivity contribution >= 4 is 17.2 Å². The van der Waals surface area contributed by atoms with E-state index < -0.39 is 0 Å². The van der Waals surface area contributed by atoms with Crippen molar-refractivity contribution in [3.63, 3.8) is 0 Å². The third-order valence-electron chi connectivity index (χ3n) is 5.33. The summed E-state index contributed by atoms with van der Waals surface area (Å²) in [7, 11) is 0. The number of amides is 1. The van der Waals surface area contributed by atoms with Crippen molar-refractivity contribution in [1.29, 1.82) is 0 Å². The minimum Gasteiger partial charge on any atom is -0.330 e. The Bertz CT molecular complexity index is 794. The fourth-order valence-electron chi connectivity index (χ4n) is 3.93. The summed E-state index contributed by atoms with van der Waals surface area (Å²) in [5.74, 6) is 0.675. The number of carbonyl (C=O) groups is 1. The van der Waals surface area contributed by atoms with Crippen molar-refractivity contribution in [2.45, 2.75) is 70.9 Å². The van der Waals surface area contributed by atoms with Crippen LogP contribution in [-0.2, 0) is 12.0 Å². The molecular weight excluding hydrogens is 330 g/mol. The molecule has 4 nitrogen and oxygen atoms in total. The van der Waals surface area contributed by atoms with Crippen molar-refractivity contribution in [1.82, 2.24) is 14.7 Å². The van der Waals surface area contributed by atoms with E-state index in [1.54, 1.807) is 0 Å². The van der Waals surface area contributed by atoms with Gasteiger partial charge in [-0.2, -0.15) is 5.10 Å². The van der Waals surface area contributed by atoms with Gasteiger partial charge in [0.2, 0.25) is 0 Å². The van der Waals surface area contributed by atoms with Gasteiger partial charge >= 0.3 is 0 Å². The second-order valence-corrected chi connectivity index (χ2v) is 9.28. The molecule has 0 N–H and O–H groups in total. The second-order valence-electron chi connectivity index (χ2n) is 8.28. The predicted octanol–water partition coefficient (Wildman–Crippen LogP) is 4.73. The number of carbonyl (C=O) groups excluding carboxylic acids is 1. The molecule has 2 aliphatic rings. The van der Waals surface area contributed by atoms with E-state index in [4.69, 9.17) is 5.10 Å². The smallest absolute Gasteiger partial charge is 0.274 e. The van der Waals surface area contributed by atoms with Crippen molar-refractivity contribution in [3.05, 3.63) is 39.3 Å². The highest BCUT2D eigenvalue weighted by atomic mass is 32.1. The fraction of sp³-hybridized carbons (Fsp3) is 0.600. The van der Waals surface area contributed by atoms with Gasteiger partial charge < -0.3 is 4.90 Å². The van der Waals surface area contributed by atoms with E-state index in [0.717, 1.165) is 19.4 Å². The van der Waals surface area contributed by atoms with Crippen LogP contribution in [0, 0.1) is 0 Å². The Kier molecular flexibility index (Phi) is 4.02. The Morgan fingerprint density at radius 2 is 2.12 bits per heavy atom. The number of rotatable bonds is 3. The van der Waals surface area contributed by atoms with E-state index in [9.17, 15) is 4.79 Å². The Labute approximate surface area is 153 Å². The van der Waals surface area contributed by atoms with Crippen molar-refractivity contribution < 1.29 is 4.79 Å². The maximum absolute atomic E-state index is 13.3. The molecule has 5 heteroatoms. The summed E-state index contributed by atoms with van der Waals surface area (Å²) in [6.45, 7) is 9.45. The molecule has 1 atom stereocenters. The molecule has 1 aliphatic heterocycles. The minimum absolute atomic E-state index is 0.0913. The maximum atomic E-state index is 13.3. The highest BCUT2D eigenvalue weighted by Crippen LogP contribution is 2.42. The first-order valence-electron chi connectivity index (χ1n) is 9.37. The molecule has 2 aromatic rings. The number of thiophene rings is 1. The zero-order valence-corrected chi connectivity index (χ0v) is 16.4. The lowest BCUT2D eigenvalue weighted by Gasteiger charge is -2.35. The highest BCUT2D eigenvalue weighted by molar-refractivity contribution is 7.10. The SMILES string of the molecule is CCC1c2ccsc2CCN1C(=O)c1cc(C2CC2)n(C(C)(C)C)n1. The minimum atomic E-state index is -0.0942. The molecule has 0 bridgehead atoms. The van der Waals surface area contributed by atoms with Gasteiger partial charge in [-0.05, 0) is 69.5 Å². The number of nitrogens with zero attached hydrogens (tertiary/aromatic N) is 3. The first-order chi connectivity index (χ1) is 11.9. The molecule has 1 saturated carbocycles. The van der Waals surface area contributed by atoms with Gasteiger partial charge in [0.1, 0.15) is 0 Å². The standard InChI is InChI=1S/C20H27N3OS/c1-5-16-14-9-11-25-18(14)8-10-22(16)19(24)15-12-17(13-6-7-13)23(21-15)20(2,3)4/h9,11-13,16H,5-8,10H2,1-4H3. The summed E-state index contributed by atoms with van der Waals surface area (Å²) >= 11 is 1.82. The largest absolute Gasteiger partial charge is 0.330 e. The average molecular weight is 358 g/mol. The van der Waals surface area contributed by atoms with E-state index in [-0.39, 0.29) is 17.5 Å². The molecule has 1 aliphatic carbocycles. The number of aromatic nitrogens is 2. The molecule has 0 saturated heterocycles. The van der Waals surface area contributed by atoms with Crippen LogP contribution in [0.25, 0.3) is 0 Å². The number of hydrogen-bond donors (Lipinski definition) is 0. The van der Waals surface area contributed by atoms with Gasteiger partial charge in [0.15, 0.2) is 5.69 Å². The molecule has 4 rings (SSSR count). The van der Waals surface area contributed by atoms with E-state index in [2.05, 4.69) is 49.9 Å². The van der Waals surface area contributed by atoms with Gasteiger partial charge in [-0.1, -0.05) is 6.92 Å². The topological polar surface area (TPSA) is 38.1 Å². The Morgan fingerprint density at radius 1 is 1.36 bits per heavy atom. The second kappa shape index (κ2) is 5.97. The molecular formula is C20H27N3OS. The van der Waals surface area contributed by atoms with Gasteiger partial charge in [0.25, 0.3) is 5.91 Å². The molecule has 25 heavy (non-hydrogen) atoms. The third-order valence-corrected chi connectivity index (χ3v) is 6.33. The summed E-state index contributed by atoms with van der Waals surface area (Å²) in [6.07, 6.45) is 4.35. The first-order valence-corrected chi connectivity index (χ1v) is 10.3. The first kappa shape index (κ1) is 16.8. The van der Waals surface area contributed by atoms with E-state index in [1.807, 2.05) is 16.2 Å². The van der Waals surface area contributed by atoms with Crippen molar-refractivity contribution in [3.8, 4) is 0 Å². The van der Waals surface area contributed by atoms with Gasteiger partial charge in [-0.15, -0.1) is 11.3 Å². The predicted molar refractivity (Wildman–Crippen MR) is 101 cm³/mol. The van der Waals surface area contributed by atoms with Crippen LogP contribution in [0.5, 0.6) is 0 Å². The van der Waals surface area contributed by atoms with Crippen molar-refractivity contribution in [2.24, 2.45) is 0 Å². The maximum Gasteiger partial charge on any atom is 0.274 e. The third kappa shape index (κ3) is 2.92. The van der Waals surface area contributed by atoms with Crippen LogP contribution in [0.2, 0.25) is 0 Å². The van der Waals surface area contributed by atoms with Crippen LogP contribution >= 0.6 is 11.3 Å². The van der Waals surface area contributed by atoms with Gasteiger partial charge in [0.05, 0.1) is 11.6 Å². The van der Waals surface area contributed by atoms with Crippen LogP contribution in [0.15, 0.2) is 17.5 Å². The fourth-order valence-corrected chi connectivity index (χ4v) is 4.86. The van der Waals surface area contributed by atoms with E-state index in [1.165, 1.54) is 29.0 Å².